The first-order chi connectivity index (χ1) is 8.38. The third kappa shape index (κ3) is 3.41. The summed E-state index contributed by atoms with van der Waals surface area (Å²) in [6, 6.07) is 11.4. The zero-order valence-corrected chi connectivity index (χ0v) is 9.37. The van der Waals surface area contributed by atoms with E-state index in [0.717, 1.165) is 23.2 Å². The normalized spacial score (nSPS) is 9.88. The molecule has 0 aliphatic carbocycles. The summed E-state index contributed by atoms with van der Waals surface area (Å²) in [4.78, 5) is 14.3. The third-order valence-electron chi connectivity index (χ3n) is 2.40. The summed E-state index contributed by atoms with van der Waals surface area (Å²) in [5.41, 5.74) is 2.08. The molecule has 3 heteroatoms. The minimum absolute atomic E-state index is 0.449. The third-order valence-corrected chi connectivity index (χ3v) is 2.40. The number of aromatic nitrogens is 1. The molecule has 0 unspecified atom stereocenters. The van der Waals surface area contributed by atoms with Gasteiger partial charge in [-0.15, -0.1) is 0 Å². The number of hydrogen-bond acceptors (Lipinski definition) is 3. The van der Waals surface area contributed by atoms with Crippen LogP contribution in [0.4, 0.5) is 0 Å². The Morgan fingerprint density at radius 2 is 1.71 bits per heavy atom. The van der Waals surface area contributed by atoms with E-state index in [9.17, 15) is 4.79 Å². The molecule has 0 bridgehead atoms. The molecule has 0 saturated heterocycles. The first-order valence-corrected chi connectivity index (χ1v) is 5.43. The second kappa shape index (κ2) is 5.80. The second-order valence-electron chi connectivity index (χ2n) is 3.66. The molecular weight excluding hydrogens is 214 g/mol. The van der Waals surface area contributed by atoms with Crippen LogP contribution < -0.4 is 4.74 Å². The lowest BCUT2D eigenvalue weighted by Gasteiger charge is -2.06. The average Bonchev–Trinajstić information content (AvgIpc) is 2.40. The Kier molecular flexibility index (Phi) is 3.86. The van der Waals surface area contributed by atoms with Gasteiger partial charge in [0.25, 0.3) is 0 Å². The molecule has 0 atom stereocenters. The van der Waals surface area contributed by atoms with Crippen molar-refractivity contribution >= 4 is 6.29 Å². The molecule has 1 aromatic carbocycles. The number of ether oxygens (including phenoxy) is 1. The molecule has 0 N–H and O–H groups in total. The maximum Gasteiger partial charge on any atom is 0.124 e. The van der Waals surface area contributed by atoms with Gasteiger partial charge in [-0.3, -0.25) is 4.98 Å². The van der Waals surface area contributed by atoms with E-state index < -0.39 is 0 Å². The smallest absolute Gasteiger partial charge is 0.124 e. The average molecular weight is 227 g/mol. The van der Waals surface area contributed by atoms with E-state index >= 15 is 0 Å². The maximum absolute atomic E-state index is 10.3. The van der Waals surface area contributed by atoms with Crippen LogP contribution >= 0.6 is 0 Å². The Bertz CT molecular complexity index is 465. The van der Waals surface area contributed by atoms with E-state index in [1.165, 1.54) is 0 Å². The zero-order valence-electron chi connectivity index (χ0n) is 9.37. The van der Waals surface area contributed by atoms with Gasteiger partial charge in [0.1, 0.15) is 18.6 Å². The van der Waals surface area contributed by atoms with Crippen LogP contribution in [0.5, 0.6) is 5.75 Å². The highest BCUT2D eigenvalue weighted by Gasteiger charge is 1.96. The monoisotopic (exact) mass is 227 g/mol. The first kappa shape index (κ1) is 11.3. The summed E-state index contributed by atoms with van der Waals surface area (Å²) in [5.74, 6) is 0.802. The molecule has 0 saturated carbocycles. The van der Waals surface area contributed by atoms with Crippen molar-refractivity contribution in [3.8, 4) is 5.75 Å². The molecule has 0 aliphatic rings. The number of benzene rings is 1. The van der Waals surface area contributed by atoms with E-state index in [2.05, 4.69) is 4.98 Å². The number of pyridine rings is 1. The van der Waals surface area contributed by atoms with Gasteiger partial charge in [0.2, 0.25) is 0 Å². The van der Waals surface area contributed by atoms with E-state index in [1.807, 2.05) is 36.4 Å². The standard InChI is InChI=1S/C14H13NO2/c16-10-7-12-1-3-14(4-2-12)17-11-13-5-8-15-9-6-13/h1-6,8-10H,7,11H2. The lowest BCUT2D eigenvalue weighted by Crippen LogP contribution is -1.95. The van der Waals surface area contributed by atoms with Crippen molar-refractivity contribution in [1.29, 1.82) is 0 Å². The van der Waals surface area contributed by atoms with E-state index in [1.54, 1.807) is 12.4 Å². The fourth-order valence-corrected chi connectivity index (χ4v) is 1.46. The zero-order chi connectivity index (χ0) is 11.9. The van der Waals surface area contributed by atoms with Gasteiger partial charge in [-0.2, -0.15) is 0 Å². The number of aldehydes is 1. The van der Waals surface area contributed by atoms with Crippen molar-refractivity contribution in [3.63, 3.8) is 0 Å². The number of nitrogens with zero attached hydrogens (tertiary/aromatic N) is 1. The fraction of sp³-hybridized carbons (Fsp3) is 0.143. The van der Waals surface area contributed by atoms with E-state index in [-0.39, 0.29) is 0 Å². The molecule has 0 aliphatic heterocycles. The van der Waals surface area contributed by atoms with Crippen molar-refractivity contribution < 1.29 is 9.53 Å². The van der Waals surface area contributed by atoms with Crippen LogP contribution in [-0.4, -0.2) is 11.3 Å². The van der Waals surface area contributed by atoms with Crippen LogP contribution in [0.2, 0.25) is 0 Å². The van der Waals surface area contributed by atoms with Gasteiger partial charge in [0.05, 0.1) is 0 Å². The minimum Gasteiger partial charge on any atom is -0.489 e. The summed E-state index contributed by atoms with van der Waals surface area (Å²) in [5, 5.41) is 0. The molecule has 86 valence electrons. The second-order valence-corrected chi connectivity index (χ2v) is 3.66. The van der Waals surface area contributed by atoms with Gasteiger partial charge in [-0.1, -0.05) is 12.1 Å². The first-order valence-electron chi connectivity index (χ1n) is 5.43. The molecule has 0 spiro atoms. The molecule has 0 amide bonds. The predicted molar refractivity (Wildman–Crippen MR) is 64.8 cm³/mol. The van der Waals surface area contributed by atoms with Gasteiger partial charge >= 0.3 is 0 Å². The van der Waals surface area contributed by atoms with Gasteiger partial charge in [-0.25, -0.2) is 0 Å². The Morgan fingerprint density at radius 3 is 2.35 bits per heavy atom. The van der Waals surface area contributed by atoms with Crippen molar-refractivity contribution in [2.24, 2.45) is 0 Å². The largest absolute Gasteiger partial charge is 0.489 e. The van der Waals surface area contributed by atoms with Gasteiger partial charge in [-0.05, 0) is 35.4 Å². The summed E-state index contributed by atoms with van der Waals surface area (Å²) >= 11 is 0. The minimum atomic E-state index is 0.449. The summed E-state index contributed by atoms with van der Waals surface area (Å²) < 4.78 is 5.61. The SMILES string of the molecule is O=CCc1ccc(OCc2ccncc2)cc1. The quantitative estimate of drug-likeness (QED) is 0.736. The van der Waals surface area contributed by atoms with Gasteiger partial charge in [0.15, 0.2) is 0 Å². The van der Waals surface area contributed by atoms with Crippen molar-refractivity contribution in [3.05, 3.63) is 59.9 Å². The molecule has 17 heavy (non-hydrogen) atoms. The van der Waals surface area contributed by atoms with E-state index in [4.69, 9.17) is 4.74 Å². The Hall–Kier alpha value is -2.16. The molecule has 0 radical (unpaired) electrons. The van der Waals surface area contributed by atoms with Crippen LogP contribution in [0.3, 0.4) is 0 Å². The van der Waals surface area contributed by atoms with Crippen LogP contribution in [0.1, 0.15) is 11.1 Å². The Balaban J connectivity index is 1.93. The topological polar surface area (TPSA) is 39.2 Å². The molecule has 3 nitrogen and oxygen atoms in total. The van der Waals surface area contributed by atoms with Gasteiger partial charge in [0, 0.05) is 18.8 Å². The predicted octanol–water partition coefficient (Wildman–Crippen LogP) is 2.40. The Morgan fingerprint density at radius 1 is 1.00 bits per heavy atom. The lowest BCUT2D eigenvalue weighted by molar-refractivity contribution is -0.107. The summed E-state index contributed by atoms with van der Waals surface area (Å²) in [6.07, 6.45) is 4.83. The van der Waals surface area contributed by atoms with Crippen LogP contribution in [-0.2, 0) is 17.8 Å². The maximum atomic E-state index is 10.3. The molecular formula is C14H13NO2. The summed E-state index contributed by atoms with van der Waals surface area (Å²) in [6.45, 7) is 0.523. The lowest BCUT2D eigenvalue weighted by atomic mass is 10.2. The number of carbonyl (C=O) groups excluding carboxylic acids is 1. The molecule has 1 aromatic heterocycles. The molecule has 1 heterocycles. The summed E-state index contributed by atoms with van der Waals surface area (Å²) in [7, 11) is 0. The molecule has 0 fully saturated rings. The van der Waals surface area contributed by atoms with Crippen molar-refractivity contribution in [2.75, 3.05) is 0 Å². The van der Waals surface area contributed by atoms with E-state index in [0.29, 0.717) is 13.0 Å². The highest BCUT2D eigenvalue weighted by Crippen LogP contribution is 2.14. The number of hydrogen-bond donors (Lipinski definition) is 0. The van der Waals surface area contributed by atoms with Crippen molar-refractivity contribution in [2.45, 2.75) is 13.0 Å². The van der Waals surface area contributed by atoms with Crippen LogP contribution in [0.15, 0.2) is 48.8 Å². The van der Waals surface area contributed by atoms with Crippen molar-refractivity contribution in [1.82, 2.24) is 4.98 Å². The molecule has 2 rings (SSSR count). The fourth-order valence-electron chi connectivity index (χ4n) is 1.46. The van der Waals surface area contributed by atoms with Gasteiger partial charge < -0.3 is 9.53 Å². The van der Waals surface area contributed by atoms with Crippen LogP contribution in [0, 0.1) is 0 Å². The number of rotatable bonds is 5. The highest BCUT2D eigenvalue weighted by atomic mass is 16.5. The molecule has 2 aromatic rings. The van der Waals surface area contributed by atoms with Crippen LogP contribution in [0.25, 0.3) is 0 Å². The number of carbonyl (C=O) groups is 1. The Labute approximate surface area is 100 Å². The highest BCUT2D eigenvalue weighted by molar-refractivity contribution is 5.55.